The molecule has 0 radical (unpaired) electrons. The maximum Gasteiger partial charge on any atom is 0.0712 e. The van der Waals surface area contributed by atoms with Crippen LogP contribution in [-0.2, 0) is 0 Å². The van der Waals surface area contributed by atoms with Gasteiger partial charge in [-0.25, -0.2) is 0 Å². The maximum absolute atomic E-state index is 4.16. The van der Waals surface area contributed by atoms with E-state index in [0.29, 0.717) is 29.5 Å². The highest BCUT2D eigenvalue weighted by Gasteiger charge is 2.45. The zero-order valence-corrected chi connectivity index (χ0v) is 22.6. The van der Waals surface area contributed by atoms with Crippen LogP contribution in [0.1, 0.15) is 67.2 Å². The van der Waals surface area contributed by atoms with Gasteiger partial charge < -0.3 is 4.90 Å². The lowest BCUT2D eigenvalue weighted by molar-refractivity contribution is 0.0895. The Morgan fingerprint density at radius 2 is 1.50 bits per heavy atom. The van der Waals surface area contributed by atoms with Crippen LogP contribution in [0.3, 0.4) is 0 Å². The van der Waals surface area contributed by atoms with E-state index in [1.54, 1.807) is 0 Å². The summed E-state index contributed by atoms with van der Waals surface area (Å²) >= 11 is 2.27. The summed E-state index contributed by atoms with van der Waals surface area (Å²) in [6.07, 6.45) is 5.91. The van der Waals surface area contributed by atoms with E-state index in [4.69, 9.17) is 0 Å². The monoisotopic (exact) mass is 465 g/mol. The average molecular weight is 466 g/mol. The summed E-state index contributed by atoms with van der Waals surface area (Å²) in [6.45, 7) is 23.0. The van der Waals surface area contributed by atoms with E-state index in [-0.39, 0.29) is 5.54 Å². The molecule has 4 heterocycles. The van der Waals surface area contributed by atoms with Gasteiger partial charge in [0.1, 0.15) is 0 Å². The Bertz CT molecular complexity index is 599. The molecule has 32 heavy (non-hydrogen) atoms. The largest absolute Gasteiger partial charge is 0.301 e. The lowest BCUT2D eigenvalue weighted by atomic mass is 9.85. The van der Waals surface area contributed by atoms with Gasteiger partial charge in [-0.05, 0) is 97.9 Å². The third-order valence-electron chi connectivity index (χ3n) is 8.85. The van der Waals surface area contributed by atoms with E-state index in [2.05, 4.69) is 78.6 Å². The molecule has 4 fully saturated rings. The first-order chi connectivity index (χ1) is 15.3. The van der Waals surface area contributed by atoms with Gasteiger partial charge in [0.25, 0.3) is 0 Å². The molecule has 4 aliphatic heterocycles. The van der Waals surface area contributed by atoms with Crippen molar-refractivity contribution in [3.8, 4) is 0 Å². The Kier molecular flexibility index (Phi) is 8.54. The van der Waals surface area contributed by atoms with E-state index in [1.807, 2.05) is 0 Å². The molecule has 5 unspecified atom stereocenters. The quantitative estimate of drug-likeness (QED) is 0.648. The van der Waals surface area contributed by atoms with Crippen molar-refractivity contribution in [2.45, 2.75) is 102 Å². The van der Waals surface area contributed by atoms with Crippen LogP contribution in [0, 0.1) is 11.8 Å². The van der Waals surface area contributed by atoms with Crippen LogP contribution in [0.15, 0.2) is 0 Å². The number of thioether (sulfide) groups is 1. The van der Waals surface area contributed by atoms with Crippen LogP contribution in [0.25, 0.3) is 0 Å². The Morgan fingerprint density at radius 3 is 2.22 bits per heavy atom. The van der Waals surface area contributed by atoms with Gasteiger partial charge in [-0.15, -0.1) is 0 Å². The summed E-state index contributed by atoms with van der Waals surface area (Å²) in [5, 5.41) is 8.75. The zero-order valence-electron chi connectivity index (χ0n) is 21.8. The van der Waals surface area contributed by atoms with Crippen LogP contribution in [0.5, 0.6) is 0 Å². The highest BCUT2D eigenvalue weighted by molar-refractivity contribution is 8.00. The zero-order chi connectivity index (χ0) is 22.9. The van der Waals surface area contributed by atoms with Gasteiger partial charge in [-0.3, -0.25) is 20.4 Å². The summed E-state index contributed by atoms with van der Waals surface area (Å²) in [6, 6.07) is 1.97. The minimum Gasteiger partial charge on any atom is -0.301 e. The standard InChI is InChI=1S/C26H51N5S/c1-19(2)29-11-7-9-22(13-29)23-14-31(21(5)6)15-24(32-16-23)25-27-17-26(28-25)10-8-12-30(18-26)20(3)4/h19-25,27-28H,7-18H2,1-6H3. The second-order valence-corrected chi connectivity index (χ2v) is 13.4. The van der Waals surface area contributed by atoms with E-state index in [0.717, 1.165) is 18.4 Å². The SMILES string of the molecule is CC(C)N1CCCC(C2CSC(C3NCC4(CCCN(C(C)C)C4)N3)CN(C(C)C)C2)C1. The van der Waals surface area contributed by atoms with Gasteiger partial charge in [0.05, 0.1) is 6.17 Å². The molecule has 5 atom stereocenters. The van der Waals surface area contributed by atoms with Crippen molar-refractivity contribution in [2.24, 2.45) is 11.8 Å². The number of hydrogen-bond donors (Lipinski definition) is 2. The van der Waals surface area contributed by atoms with Gasteiger partial charge in [-0.1, -0.05) is 0 Å². The van der Waals surface area contributed by atoms with Gasteiger partial charge in [0, 0.05) is 61.6 Å². The number of nitrogens with zero attached hydrogens (tertiary/aromatic N) is 3. The number of piperidine rings is 2. The van der Waals surface area contributed by atoms with Crippen LogP contribution < -0.4 is 10.6 Å². The molecule has 0 aliphatic carbocycles. The summed E-state index contributed by atoms with van der Waals surface area (Å²) in [5.41, 5.74) is 0.281. The Balaban J connectivity index is 1.40. The fourth-order valence-electron chi connectivity index (χ4n) is 6.59. The Labute approximate surface area is 202 Å². The normalized spacial score (nSPS) is 38.9. The molecular formula is C26H51N5S. The first kappa shape index (κ1) is 25.2. The van der Waals surface area contributed by atoms with Crippen LogP contribution in [-0.4, -0.2) is 101 Å². The molecular weight excluding hydrogens is 414 g/mol. The second-order valence-electron chi connectivity index (χ2n) is 12.1. The summed E-state index contributed by atoms with van der Waals surface area (Å²) < 4.78 is 0. The molecule has 0 aromatic rings. The van der Waals surface area contributed by atoms with E-state index in [9.17, 15) is 0 Å². The average Bonchev–Trinajstić information content (AvgIpc) is 3.03. The highest BCUT2D eigenvalue weighted by Crippen LogP contribution is 2.35. The van der Waals surface area contributed by atoms with Crippen LogP contribution in [0.4, 0.5) is 0 Å². The Hall–Kier alpha value is 0.150. The smallest absolute Gasteiger partial charge is 0.0712 e. The molecule has 0 aromatic heterocycles. The summed E-state index contributed by atoms with van der Waals surface area (Å²) in [7, 11) is 0. The van der Waals surface area contributed by atoms with E-state index >= 15 is 0 Å². The fraction of sp³-hybridized carbons (Fsp3) is 1.00. The molecule has 1 spiro atoms. The van der Waals surface area contributed by atoms with Crippen molar-refractivity contribution in [2.75, 3.05) is 51.6 Å². The van der Waals surface area contributed by atoms with Crippen molar-refractivity contribution < 1.29 is 0 Å². The molecule has 0 saturated carbocycles. The molecule has 2 N–H and O–H groups in total. The number of likely N-dealkylation sites (tertiary alicyclic amines) is 2. The summed E-state index contributed by atoms with van der Waals surface area (Å²) in [4.78, 5) is 8.22. The third kappa shape index (κ3) is 5.85. The van der Waals surface area contributed by atoms with Gasteiger partial charge >= 0.3 is 0 Å². The predicted molar refractivity (Wildman–Crippen MR) is 139 cm³/mol. The lowest BCUT2D eigenvalue weighted by Gasteiger charge is -2.42. The second kappa shape index (κ2) is 10.8. The molecule has 6 heteroatoms. The highest BCUT2D eigenvalue weighted by atomic mass is 32.2. The molecule has 4 rings (SSSR count). The van der Waals surface area contributed by atoms with E-state index in [1.165, 1.54) is 70.7 Å². The van der Waals surface area contributed by atoms with E-state index < -0.39 is 0 Å². The minimum atomic E-state index is 0.281. The molecule has 0 bridgehead atoms. The third-order valence-corrected chi connectivity index (χ3v) is 10.3. The number of rotatable bonds is 5. The van der Waals surface area contributed by atoms with Crippen molar-refractivity contribution in [3.05, 3.63) is 0 Å². The lowest BCUT2D eigenvalue weighted by Crippen LogP contribution is -2.59. The first-order valence-electron chi connectivity index (χ1n) is 13.6. The van der Waals surface area contributed by atoms with Gasteiger partial charge in [0.2, 0.25) is 0 Å². The van der Waals surface area contributed by atoms with Crippen molar-refractivity contribution >= 4 is 11.8 Å². The maximum atomic E-state index is 4.16. The number of hydrogen-bond acceptors (Lipinski definition) is 6. The Morgan fingerprint density at radius 1 is 0.812 bits per heavy atom. The molecule has 4 saturated heterocycles. The molecule has 5 nitrogen and oxygen atoms in total. The fourth-order valence-corrected chi connectivity index (χ4v) is 8.12. The van der Waals surface area contributed by atoms with Crippen molar-refractivity contribution in [1.82, 2.24) is 25.3 Å². The topological polar surface area (TPSA) is 33.8 Å². The molecule has 186 valence electrons. The molecule has 0 aromatic carbocycles. The minimum absolute atomic E-state index is 0.281. The molecule has 0 amide bonds. The summed E-state index contributed by atoms with van der Waals surface area (Å²) in [5.74, 6) is 3.03. The van der Waals surface area contributed by atoms with Crippen LogP contribution in [0.2, 0.25) is 0 Å². The predicted octanol–water partition coefficient (Wildman–Crippen LogP) is 3.31. The van der Waals surface area contributed by atoms with Gasteiger partial charge in [0.15, 0.2) is 0 Å². The first-order valence-corrected chi connectivity index (χ1v) is 14.7. The van der Waals surface area contributed by atoms with Gasteiger partial charge in [-0.2, -0.15) is 11.8 Å². The van der Waals surface area contributed by atoms with Crippen LogP contribution >= 0.6 is 11.8 Å². The van der Waals surface area contributed by atoms with Crippen molar-refractivity contribution in [1.29, 1.82) is 0 Å². The number of nitrogens with one attached hydrogen (secondary N) is 2. The molecule has 4 aliphatic rings. The van der Waals surface area contributed by atoms with Crippen molar-refractivity contribution in [3.63, 3.8) is 0 Å².